The zero-order valence-corrected chi connectivity index (χ0v) is 30.6. The monoisotopic (exact) mass is 734 g/mol. The van der Waals surface area contributed by atoms with Crippen molar-refractivity contribution in [1.29, 1.82) is 0 Å². The Hall–Kier alpha value is -5.60. The van der Waals surface area contributed by atoms with Crippen molar-refractivity contribution in [3.63, 3.8) is 0 Å². The van der Waals surface area contributed by atoms with Gasteiger partial charge in [-0.25, -0.2) is 28.7 Å². The second-order valence-corrected chi connectivity index (χ2v) is 13.5. The van der Waals surface area contributed by atoms with Crippen LogP contribution in [0.5, 0.6) is 12.0 Å². The summed E-state index contributed by atoms with van der Waals surface area (Å²) >= 11 is 0. The van der Waals surface area contributed by atoms with E-state index in [2.05, 4.69) is 49.7 Å². The summed E-state index contributed by atoms with van der Waals surface area (Å²) in [5.74, 6) is -0.533. The number of nitrogens with one attached hydrogen (secondary N) is 2. The lowest BCUT2D eigenvalue weighted by atomic mass is 10.0. The third kappa shape index (κ3) is 8.45. The van der Waals surface area contributed by atoms with Crippen molar-refractivity contribution in [2.75, 3.05) is 33.3 Å². The fourth-order valence-corrected chi connectivity index (χ4v) is 6.90. The van der Waals surface area contributed by atoms with Crippen LogP contribution in [0.15, 0.2) is 85.7 Å². The van der Waals surface area contributed by atoms with Gasteiger partial charge in [-0.1, -0.05) is 0 Å². The maximum absolute atomic E-state index is 13.4. The molecule has 2 aliphatic rings. The summed E-state index contributed by atoms with van der Waals surface area (Å²) in [4.78, 5) is 26.8. The van der Waals surface area contributed by atoms with Crippen LogP contribution in [0, 0.1) is 11.6 Å². The number of rotatable bonds is 9. The van der Waals surface area contributed by atoms with Gasteiger partial charge in [-0.2, -0.15) is 9.97 Å². The molecular weight excluding hydrogens is 691 g/mol. The summed E-state index contributed by atoms with van der Waals surface area (Å²) in [5.41, 5.74) is 6.59. The van der Waals surface area contributed by atoms with Gasteiger partial charge in [0.15, 0.2) is 0 Å². The number of halogens is 2. The number of aromatic nitrogens is 8. The van der Waals surface area contributed by atoms with Gasteiger partial charge in [-0.3, -0.25) is 0 Å². The molecule has 12 nitrogen and oxygen atoms in total. The summed E-state index contributed by atoms with van der Waals surface area (Å²) in [6.07, 6.45) is 11.2. The lowest BCUT2D eigenvalue weighted by molar-refractivity contribution is 0.222. The van der Waals surface area contributed by atoms with E-state index < -0.39 is 0 Å². The Morgan fingerprint density at radius 1 is 0.611 bits per heavy atom. The summed E-state index contributed by atoms with van der Waals surface area (Å²) in [6.45, 7) is 7.78. The molecule has 2 aromatic carbocycles. The normalized spacial score (nSPS) is 15.1. The van der Waals surface area contributed by atoms with Gasteiger partial charge in [0.25, 0.3) is 0 Å². The highest BCUT2D eigenvalue weighted by Crippen LogP contribution is 2.36. The van der Waals surface area contributed by atoms with E-state index in [0.717, 1.165) is 97.2 Å². The van der Waals surface area contributed by atoms with Crippen molar-refractivity contribution >= 4 is 0 Å². The summed E-state index contributed by atoms with van der Waals surface area (Å²) in [7, 11) is 1.55. The molecule has 6 aromatic rings. The van der Waals surface area contributed by atoms with Crippen LogP contribution >= 0.6 is 0 Å². The van der Waals surface area contributed by atoms with E-state index in [1.807, 2.05) is 38.6 Å². The quantitative estimate of drug-likeness (QED) is 0.161. The van der Waals surface area contributed by atoms with Gasteiger partial charge in [0, 0.05) is 35.6 Å². The smallest absolute Gasteiger partial charge is 0.317 e. The maximum atomic E-state index is 13.4. The molecule has 0 spiro atoms. The average Bonchev–Trinajstić information content (AvgIpc) is 3.86. The molecule has 8 rings (SSSR count). The SMILES string of the molecule is CC(C)Oc1nccc(-c2c(-c3ccc(F)cc3)ncn2C2CCNCC2)n1.COc1nccc(-c2c(-c3ccc(F)cc3)ncn2C2CCNCC2)n1. The number of nitrogens with zero attached hydrogens (tertiary/aromatic N) is 8. The first-order valence-electron chi connectivity index (χ1n) is 18.3. The Bertz CT molecular complexity index is 2120. The van der Waals surface area contributed by atoms with Gasteiger partial charge in [-0.15, -0.1) is 0 Å². The van der Waals surface area contributed by atoms with Crippen LogP contribution in [-0.4, -0.2) is 78.4 Å². The fourth-order valence-electron chi connectivity index (χ4n) is 6.90. The largest absolute Gasteiger partial charge is 0.467 e. The van der Waals surface area contributed by atoms with Crippen molar-refractivity contribution in [1.82, 2.24) is 49.7 Å². The Balaban J connectivity index is 0.000000167. The second kappa shape index (κ2) is 17.0. The standard InChI is InChI=1S/C21H24FN5O.C19H20FN5O/c1-14(2)28-21-24-12-9-18(26-21)20-19(15-3-5-16(22)6-4-15)25-13-27(20)17-7-10-23-11-8-17;1-26-19-22-11-8-16(24-19)18-17(13-2-4-14(20)5-3-13)23-12-25(18)15-6-9-21-10-7-15/h3-6,9,12-14,17,23H,7-8,10-11H2,1-2H3;2-5,8,11-12,15,21H,6-7,9-10H2,1H3. The Morgan fingerprint density at radius 2 is 1.04 bits per heavy atom. The number of imidazole rings is 2. The van der Waals surface area contributed by atoms with Crippen molar-refractivity contribution in [2.24, 2.45) is 0 Å². The van der Waals surface area contributed by atoms with Crippen molar-refractivity contribution < 1.29 is 18.3 Å². The Labute approximate surface area is 313 Å². The van der Waals surface area contributed by atoms with Crippen molar-refractivity contribution in [3.05, 3.63) is 97.3 Å². The van der Waals surface area contributed by atoms with Crippen molar-refractivity contribution in [3.8, 4) is 57.3 Å². The summed E-state index contributed by atoms with van der Waals surface area (Å²) in [5, 5.41) is 6.78. The highest BCUT2D eigenvalue weighted by Gasteiger charge is 2.25. The third-order valence-corrected chi connectivity index (χ3v) is 9.50. The van der Waals surface area contributed by atoms with Gasteiger partial charge < -0.3 is 29.2 Å². The molecule has 14 heteroatoms. The minimum Gasteiger partial charge on any atom is -0.467 e. The minimum absolute atomic E-state index is 0.0128. The number of ether oxygens (including phenoxy) is 2. The first kappa shape index (κ1) is 36.7. The van der Waals surface area contributed by atoms with Gasteiger partial charge in [0.05, 0.1) is 60.0 Å². The molecular formula is C40H44F2N10O2. The molecule has 0 saturated carbocycles. The van der Waals surface area contributed by atoms with Crippen LogP contribution in [0.3, 0.4) is 0 Å². The number of piperidine rings is 2. The van der Waals surface area contributed by atoms with Crippen LogP contribution in [0.25, 0.3) is 45.3 Å². The second-order valence-electron chi connectivity index (χ2n) is 13.5. The predicted octanol–water partition coefficient (Wildman–Crippen LogP) is 6.94. The van der Waals surface area contributed by atoms with Gasteiger partial charge in [-0.05, 0) is 126 Å². The van der Waals surface area contributed by atoms with Crippen LogP contribution in [-0.2, 0) is 0 Å². The molecule has 0 bridgehead atoms. The topological polar surface area (TPSA) is 130 Å². The van der Waals surface area contributed by atoms with Crippen molar-refractivity contribution in [2.45, 2.75) is 57.7 Å². The molecule has 0 unspecified atom stereocenters. The number of hydrogen-bond acceptors (Lipinski definition) is 10. The average molecular weight is 735 g/mol. The lowest BCUT2D eigenvalue weighted by Crippen LogP contribution is -2.29. The molecule has 2 N–H and O–H groups in total. The molecule has 2 aliphatic heterocycles. The summed E-state index contributed by atoms with van der Waals surface area (Å²) < 4.78 is 42.0. The molecule has 2 fully saturated rings. The third-order valence-electron chi connectivity index (χ3n) is 9.50. The van der Waals surface area contributed by atoms with E-state index >= 15 is 0 Å². The predicted molar refractivity (Wildman–Crippen MR) is 202 cm³/mol. The maximum Gasteiger partial charge on any atom is 0.317 e. The molecule has 280 valence electrons. The minimum atomic E-state index is -0.267. The van der Waals surface area contributed by atoms with Crippen LogP contribution in [0.1, 0.15) is 51.6 Å². The van der Waals surface area contributed by atoms with E-state index in [1.165, 1.54) is 24.3 Å². The molecule has 6 heterocycles. The molecule has 2 saturated heterocycles. The van der Waals surface area contributed by atoms with Gasteiger partial charge >= 0.3 is 12.0 Å². The Kier molecular flexibility index (Phi) is 11.6. The van der Waals surface area contributed by atoms with Crippen LogP contribution in [0.2, 0.25) is 0 Å². The lowest BCUT2D eigenvalue weighted by Gasteiger charge is -2.25. The first-order valence-corrected chi connectivity index (χ1v) is 18.3. The molecule has 0 amide bonds. The number of hydrogen-bond donors (Lipinski definition) is 2. The first-order chi connectivity index (χ1) is 26.4. The molecule has 4 aromatic heterocycles. The van der Waals surface area contributed by atoms with E-state index in [0.29, 0.717) is 24.1 Å². The molecule has 0 atom stereocenters. The van der Waals surface area contributed by atoms with Crippen LogP contribution in [0.4, 0.5) is 8.78 Å². The number of methoxy groups -OCH3 is 1. The van der Waals surface area contributed by atoms with E-state index in [4.69, 9.17) is 9.47 Å². The zero-order chi connectivity index (χ0) is 37.4. The zero-order valence-electron chi connectivity index (χ0n) is 30.6. The van der Waals surface area contributed by atoms with E-state index in [9.17, 15) is 8.78 Å². The molecule has 54 heavy (non-hydrogen) atoms. The fraction of sp³-hybridized carbons (Fsp3) is 0.350. The number of benzene rings is 2. The highest BCUT2D eigenvalue weighted by molar-refractivity contribution is 5.78. The van der Waals surface area contributed by atoms with Gasteiger partial charge in [0.1, 0.15) is 11.6 Å². The van der Waals surface area contributed by atoms with E-state index in [1.54, 1.807) is 43.8 Å². The summed E-state index contributed by atoms with van der Waals surface area (Å²) in [6, 6.07) is 17.8. The Morgan fingerprint density at radius 3 is 1.46 bits per heavy atom. The molecule has 0 aliphatic carbocycles. The van der Waals surface area contributed by atoms with Gasteiger partial charge in [0.2, 0.25) is 0 Å². The molecule has 0 radical (unpaired) electrons. The van der Waals surface area contributed by atoms with Crippen LogP contribution < -0.4 is 20.1 Å². The highest BCUT2D eigenvalue weighted by atomic mass is 19.1. The van der Waals surface area contributed by atoms with E-state index in [-0.39, 0.29) is 17.7 Å².